The number of halogens is 1. The maximum atomic E-state index is 13.4. The lowest BCUT2D eigenvalue weighted by Gasteiger charge is -2.28. The van der Waals surface area contributed by atoms with E-state index in [2.05, 4.69) is 28.5 Å². The molecule has 0 fully saturated rings. The summed E-state index contributed by atoms with van der Waals surface area (Å²) in [6, 6.07) is 15.3. The van der Waals surface area contributed by atoms with Crippen LogP contribution in [0.3, 0.4) is 0 Å². The van der Waals surface area contributed by atoms with Crippen molar-refractivity contribution in [2.75, 3.05) is 14.1 Å². The first-order valence-electron chi connectivity index (χ1n) is 9.56. The van der Waals surface area contributed by atoms with Gasteiger partial charge in [0.05, 0.1) is 6.04 Å². The molecule has 0 spiro atoms. The topological polar surface area (TPSA) is 45.2 Å². The Balaban J connectivity index is 1.99. The Kier molecular flexibility index (Phi) is 6.39. The van der Waals surface area contributed by atoms with Crippen molar-refractivity contribution in [2.24, 2.45) is 0 Å². The van der Waals surface area contributed by atoms with Crippen molar-refractivity contribution in [1.82, 2.24) is 15.2 Å². The van der Waals surface area contributed by atoms with Crippen molar-refractivity contribution in [1.29, 1.82) is 0 Å². The summed E-state index contributed by atoms with van der Waals surface area (Å²) >= 11 is 0. The number of aromatic nitrogens is 1. The number of benzene rings is 2. The third-order valence-corrected chi connectivity index (χ3v) is 5.02. The van der Waals surface area contributed by atoms with E-state index < -0.39 is 6.04 Å². The molecular formula is C24H26FN3O. The van der Waals surface area contributed by atoms with E-state index in [0.717, 1.165) is 27.8 Å². The van der Waals surface area contributed by atoms with Gasteiger partial charge in [-0.05, 0) is 74.5 Å². The summed E-state index contributed by atoms with van der Waals surface area (Å²) in [5.41, 5.74) is 4.96. The second kappa shape index (κ2) is 8.97. The standard InChI is InChI=1S/C24H26FN3O/c1-16-5-6-17(2)21(15-16)22(18-11-13-26-14-12-18)27-24(29)23(28(3)4)19-7-9-20(25)10-8-19/h5-15,22-23H,1-4H3,(H,27,29)/t22-,23-/m1/s1. The molecule has 1 N–H and O–H groups in total. The van der Waals surface area contributed by atoms with Crippen LogP contribution in [0.1, 0.15) is 39.9 Å². The largest absolute Gasteiger partial charge is 0.344 e. The zero-order valence-electron chi connectivity index (χ0n) is 17.2. The number of hydrogen-bond donors (Lipinski definition) is 1. The number of hydrogen-bond acceptors (Lipinski definition) is 3. The third kappa shape index (κ3) is 4.87. The highest BCUT2D eigenvalue weighted by molar-refractivity contribution is 5.84. The third-order valence-electron chi connectivity index (χ3n) is 5.02. The second-order valence-corrected chi connectivity index (χ2v) is 7.50. The molecular weight excluding hydrogens is 365 g/mol. The van der Waals surface area contributed by atoms with Crippen molar-refractivity contribution in [3.05, 3.63) is 101 Å². The molecule has 150 valence electrons. The van der Waals surface area contributed by atoms with Crippen LogP contribution < -0.4 is 5.32 Å². The van der Waals surface area contributed by atoms with E-state index in [-0.39, 0.29) is 17.8 Å². The lowest BCUT2D eigenvalue weighted by molar-refractivity contribution is -0.126. The predicted octanol–water partition coefficient (Wildman–Crippen LogP) is 4.35. The number of pyridine rings is 1. The van der Waals surface area contributed by atoms with Crippen LogP contribution in [0, 0.1) is 19.7 Å². The molecule has 5 heteroatoms. The lowest BCUT2D eigenvalue weighted by Crippen LogP contribution is -2.39. The molecule has 0 aliphatic heterocycles. The van der Waals surface area contributed by atoms with Gasteiger partial charge in [-0.15, -0.1) is 0 Å². The first-order valence-corrected chi connectivity index (χ1v) is 9.56. The number of carbonyl (C=O) groups is 1. The Morgan fingerprint density at radius 3 is 2.24 bits per heavy atom. The van der Waals surface area contributed by atoms with Gasteiger partial charge in [-0.3, -0.25) is 14.7 Å². The molecule has 2 aromatic carbocycles. The van der Waals surface area contributed by atoms with E-state index in [1.54, 1.807) is 24.5 Å². The molecule has 3 aromatic rings. The molecule has 0 radical (unpaired) electrons. The fraction of sp³-hybridized carbons (Fsp3) is 0.250. The Labute approximate surface area is 171 Å². The molecule has 0 bridgehead atoms. The molecule has 1 amide bonds. The Morgan fingerprint density at radius 1 is 0.966 bits per heavy atom. The number of likely N-dealkylation sites (N-methyl/N-ethyl adjacent to an activating group) is 1. The number of rotatable bonds is 6. The molecule has 1 aromatic heterocycles. The van der Waals surface area contributed by atoms with E-state index >= 15 is 0 Å². The predicted molar refractivity (Wildman–Crippen MR) is 113 cm³/mol. The minimum Gasteiger partial charge on any atom is -0.344 e. The molecule has 2 atom stereocenters. The van der Waals surface area contributed by atoms with Gasteiger partial charge in [0.15, 0.2) is 0 Å². The monoisotopic (exact) mass is 391 g/mol. The van der Waals surface area contributed by atoms with E-state index in [4.69, 9.17) is 0 Å². The first-order chi connectivity index (χ1) is 13.9. The van der Waals surface area contributed by atoms with Crippen LogP contribution in [0.2, 0.25) is 0 Å². The Morgan fingerprint density at radius 2 is 1.62 bits per heavy atom. The van der Waals surface area contributed by atoms with Crippen LogP contribution >= 0.6 is 0 Å². The molecule has 29 heavy (non-hydrogen) atoms. The van der Waals surface area contributed by atoms with Crippen LogP contribution in [-0.2, 0) is 4.79 Å². The average molecular weight is 391 g/mol. The maximum Gasteiger partial charge on any atom is 0.242 e. The van der Waals surface area contributed by atoms with E-state index in [1.807, 2.05) is 45.0 Å². The highest BCUT2D eigenvalue weighted by Crippen LogP contribution is 2.28. The molecule has 0 aliphatic carbocycles. The van der Waals surface area contributed by atoms with Gasteiger partial charge in [0, 0.05) is 12.4 Å². The minimum absolute atomic E-state index is 0.149. The van der Waals surface area contributed by atoms with Crippen molar-refractivity contribution in [3.63, 3.8) is 0 Å². The number of nitrogens with zero attached hydrogens (tertiary/aromatic N) is 2. The molecule has 0 aliphatic rings. The van der Waals surface area contributed by atoms with Crippen LogP contribution in [0.25, 0.3) is 0 Å². The van der Waals surface area contributed by atoms with Crippen molar-refractivity contribution >= 4 is 5.91 Å². The van der Waals surface area contributed by atoms with Crippen molar-refractivity contribution in [2.45, 2.75) is 25.9 Å². The summed E-state index contributed by atoms with van der Waals surface area (Å²) in [6.45, 7) is 4.08. The van der Waals surface area contributed by atoms with Gasteiger partial charge in [-0.2, -0.15) is 0 Å². The normalized spacial score (nSPS) is 13.2. The maximum absolute atomic E-state index is 13.4. The van der Waals surface area contributed by atoms with Crippen LogP contribution in [-0.4, -0.2) is 29.9 Å². The summed E-state index contributed by atoms with van der Waals surface area (Å²) in [5.74, 6) is -0.471. The van der Waals surface area contributed by atoms with Gasteiger partial charge < -0.3 is 5.32 Å². The SMILES string of the molecule is Cc1ccc(C)c([C@H](NC(=O)[C@@H](c2ccc(F)cc2)N(C)C)c2ccncc2)c1. The fourth-order valence-electron chi connectivity index (χ4n) is 3.52. The van der Waals surface area contributed by atoms with Gasteiger partial charge in [0.1, 0.15) is 11.9 Å². The number of amides is 1. The lowest BCUT2D eigenvalue weighted by atomic mass is 9.93. The molecule has 4 nitrogen and oxygen atoms in total. The van der Waals surface area contributed by atoms with Crippen molar-refractivity contribution < 1.29 is 9.18 Å². The highest BCUT2D eigenvalue weighted by Gasteiger charge is 2.27. The zero-order chi connectivity index (χ0) is 21.0. The number of carbonyl (C=O) groups excluding carboxylic acids is 1. The van der Waals surface area contributed by atoms with E-state index in [1.165, 1.54) is 12.1 Å². The first kappa shape index (κ1) is 20.7. The Hall–Kier alpha value is -3.05. The molecule has 0 saturated carbocycles. The molecule has 3 rings (SSSR count). The summed E-state index contributed by atoms with van der Waals surface area (Å²) < 4.78 is 13.4. The summed E-state index contributed by atoms with van der Waals surface area (Å²) in [6.07, 6.45) is 3.45. The minimum atomic E-state index is -0.537. The van der Waals surface area contributed by atoms with Crippen LogP contribution in [0.4, 0.5) is 4.39 Å². The smallest absolute Gasteiger partial charge is 0.242 e. The molecule has 0 unspecified atom stereocenters. The number of nitrogens with one attached hydrogen (secondary N) is 1. The summed E-state index contributed by atoms with van der Waals surface area (Å²) in [7, 11) is 3.68. The molecule has 0 saturated heterocycles. The van der Waals surface area contributed by atoms with E-state index in [0.29, 0.717) is 0 Å². The van der Waals surface area contributed by atoms with Gasteiger partial charge in [-0.25, -0.2) is 4.39 Å². The second-order valence-electron chi connectivity index (χ2n) is 7.50. The Bertz CT molecular complexity index is 971. The highest BCUT2D eigenvalue weighted by atomic mass is 19.1. The summed E-state index contributed by atoms with van der Waals surface area (Å²) in [5, 5.41) is 3.21. The quantitative estimate of drug-likeness (QED) is 0.680. The zero-order valence-corrected chi connectivity index (χ0v) is 17.2. The summed E-state index contributed by atoms with van der Waals surface area (Å²) in [4.78, 5) is 19.3. The van der Waals surface area contributed by atoms with Gasteiger partial charge in [0.2, 0.25) is 5.91 Å². The average Bonchev–Trinajstić information content (AvgIpc) is 2.70. The van der Waals surface area contributed by atoms with E-state index in [9.17, 15) is 9.18 Å². The van der Waals surface area contributed by atoms with Gasteiger partial charge >= 0.3 is 0 Å². The van der Waals surface area contributed by atoms with Gasteiger partial charge in [-0.1, -0.05) is 35.9 Å². The van der Waals surface area contributed by atoms with Crippen LogP contribution in [0.5, 0.6) is 0 Å². The molecule has 1 heterocycles. The van der Waals surface area contributed by atoms with Crippen LogP contribution in [0.15, 0.2) is 67.0 Å². The fourth-order valence-corrected chi connectivity index (χ4v) is 3.52. The van der Waals surface area contributed by atoms with Crippen molar-refractivity contribution in [3.8, 4) is 0 Å². The van der Waals surface area contributed by atoms with Gasteiger partial charge in [0.25, 0.3) is 0 Å². The number of aryl methyl sites for hydroxylation is 2.